The lowest BCUT2D eigenvalue weighted by Gasteiger charge is -1.98. The van der Waals surface area contributed by atoms with Crippen LogP contribution in [0.25, 0.3) is 34.2 Å². The Kier molecular flexibility index (Phi) is 3.87. The lowest BCUT2D eigenvalue weighted by atomic mass is 10.1. The molecular weight excluding hydrogens is 366 g/mol. The standard InChI is InChI=1S/C22H17N5O2/c1-14-3-7-16(8-4-14)20-23-24-21(29-20)17-11-12-26-19(13-17)25-27(22(26)28)18-9-5-15(2)6-10-18/h3-13H,1-2H3. The molecule has 142 valence electrons. The van der Waals surface area contributed by atoms with Crippen molar-refractivity contribution in [1.82, 2.24) is 24.4 Å². The van der Waals surface area contributed by atoms with Gasteiger partial charge in [-0.3, -0.25) is 0 Å². The summed E-state index contributed by atoms with van der Waals surface area (Å²) in [6.45, 7) is 4.02. The number of pyridine rings is 1. The highest BCUT2D eigenvalue weighted by Crippen LogP contribution is 2.24. The van der Waals surface area contributed by atoms with Crippen LogP contribution >= 0.6 is 0 Å². The molecule has 29 heavy (non-hydrogen) atoms. The molecule has 0 aliphatic rings. The van der Waals surface area contributed by atoms with Crippen LogP contribution in [-0.4, -0.2) is 24.4 Å². The maximum atomic E-state index is 12.7. The quantitative estimate of drug-likeness (QED) is 0.473. The van der Waals surface area contributed by atoms with E-state index in [0.717, 1.165) is 16.7 Å². The Morgan fingerprint density at radius 2 is 1.41 bits per heavy atom. The fraction of sp³-hybridized carbons (Fsp3) is 0.0909. The normalized spacial score (nSPS) is 11.2. The van der Waals surface area contributed by atoms with E-state index in [9.17, 15) is 4.79 Å². The molecule has 0 saturated carbocycles. The number of aromatic nitrogens is 5. The van der Waals surface area contributed by atoms with Gasteiger partial charge in [0, 0.05) is 17.3 Å². The van der Waals surface area contributed by atoms with Gasteiger partial charge in [0.2, 0.25) is 11.8 Å². The number of nitrogens with zero attached hydrogens (tertiary/aromatic N) is 5. The van der Waals surface area contributed by atoms with Gasteiger partial charge in [0.05, 0.1) is 5.69 Å². The minimum Gasteiger partial charge on any atom is -0.416 e. The lowest BCUT2D eigenvalue weighted by Crippen LogP contribution is -2.19. The largest absolute Gasteiger partial charge is 0.416 e. The number of benzene rings is 2. The van der Waals surface area contributed by atoms with Gasteiger partial charge in [0.1, 0.15) is 0 Å². The summed E-state index contributed by atoms with van der Waals surface area (Å²) in [4.78, 5) is 12.7. The first-order valence-corrected chi connectivity index (χ1v) is 9.18. The minimum absolute atomic E-state index is 0.235. The van der Waals surface area contributed by atoms with E-state index in [1.165, 1.54) is 9.08 Å². The second kappa shape index (κ2) is 6.56. The second-order valence-corrected chi connectivity index (χ2v) is 6.95. The summed E-state index contributed by atoms with van der Waals surface area (Å²) in [6.07, 6.45) is 1.67. The van der Waals surface area contributed by atoms with Crippen LogP contribution in [0.15, 0.2) is 76.1 Å². The van der Waals surface area contributed by atoms with Gasteiger partial charge in [-0.2, -0.15) is 4.68 Å². The molecule has 0 aliphatic carbocycles. The fourth-order valence-electron chi connectivity index (χ4n) is 3.11. The number of hydrogen-bond donors (Lipinski definition) is 0. The summed E-state index contributed by atoms with van der Waals surface area (Å²) in [5.41, 5.74) is 4.82. The number of aryl methyl sites for hydroxylation is 2. The van der Waals surface area contributed by atoms with E-state index >= 15 is 0 Å². The molecule has 0 N–H and O–H groups in total. The van der Waals surface area contributed by atoms with Crippen molar-refractivity contribution in [3.63, 3.8) is 0 Å². The highest BCUT2D eigenvalue weighted by Gasteiger charge is 2.14. The van der Waals surface area contributed by atoms with Crippen LogP contribution in [0.1, 0.15) is 11.1 Å². The molecular formula is C22H17N5O2. The molecule has 7 heteroatoms. The zero-order valence-electron chi connectivity index (χ0n) is 15.9. The Balaban J connectivity index is 1.54. The molecule has 7 nitrogen and oxygen atoms in total. The summed E-state index contributed by atoms with van der Waals surface area (Å²) in [7, 11) is 0. The molecule has 0 spiro atoms. The van der Waals surface area contributed by atoms with Crippen LogP contribution in [0, 0.1) is 13.8 Å². The van der Waals surface area contributed by atoms with Crippen molar-refractivity contribution in [3.05, 3.63) is 88.5 Å². The van der Waals surface area contributed by atoms with Crippen LogP contribution in [0.4, 0.5) is 0 Å². The predicted molar refractivity (Wildman–Crippen MR) is 109 cm³/mol. The number of rotatable bonds is 3. The van der Waals surface area contributed by atoms with Crippen molar-refractivity contribution >= 4 is 5.65 Å². The van der Waals surface area contributed by atoms with Crippen molar-refractivity contribution in [3.8, 4) is 28.6 Å². The molecule has 0 aliphatic heterocycles. The van der Waals surface area contributed by atoms with E-state index in [0.29, 0.717) is 28.7 Å². The summed E-state index contributed by atoms with van der Waals surface area (Å²) >= 11 is 0. The molecule has 5 aromatic rings. The van der Waals surface area contributed by atoms with Gasteiger partial charge in [-0.1, -0.05) is 35.4 Å². The Morgan fingerprint density at radius 1 is 0.793 bits per heavy atom. The Labute approximate surface area is 165 Å². The second-order valence-electron chi connectivity index (χ2n) is 6.95. The molecule has 3 aromatic heterocycles. The highest BCUT2D eigenvalue weighted by atomic mass is 16.4. The third kappa shape index (κ3) is 3.02. The van der Waals surface area contributed by atoms with Crippen LogP contribution in [0.5, 0.6) is 0 Å². The van der Waals surface area contributed by atoms with Crippen molar-refractivity contribution in [1.29, 1.82) is 0 Å². The van der Waals surface area contributed by atoms with Crippen molar-refractivity contribution in [2.45, 2.75) is 13.8 Å². The zero-order valence-corrected chi connectivity index (χ0v) is 15.9. The lowest BCUT2D eigenvalue weighted by molar-refractivity contribution is 0.584. The average Bonchev–Trinajstić information content (AvgIpc) is 3.34. The summed E-state index contributed by atoms with van der Waals surface area (Å²) in [5, 5.41) is 12.7. The van der Waals surface area contributed by atoms with E-state index in [1.54, 1.807) is 18.3 Å². The molecule has 5 rings (SSSR count). The monoisotopic (exact) mass is 383 g/mol. The highest BCUT2D eigenvalue weighted by molar-refractivity contribution is 5.61. The van der Waals surface area contributed by atoms with E-state index in [2.05, 4.69) is 15.3 Å². The van der Waals surface area contributed by atoms with Crippen molar-refractivity contribution in [2.75, 3.05) is 0 Å². The smallest absolute Gasteiger partial charge is 0.355 e. The topological polar surface area (TPSA) is 78.2 Å². The van der Waals surface area contributed by atoms with E-state index < -0.39 is 0 Å². The van der Waals surface area contributed by atoms with Crippen LogP contribution in [0.2, 0.25) is 0 Å². The van der Waals surface area contributed by atoms with Crippen molar-refractivity contribution < 1.29 is 4.42 Å². The fourth-order valence-corrected chi connectivity index (χ4v) is 3.11. The van der Waals surface area contributed by atoms with Crippen LogP contribution in [0.3, 0.4) is 0 Å². The van der Waals surface area contributed by atoms with Gasteiger partial charge < -0.3 is 4.42 Å². The Morgan fingerprint density at radius 3 is 2.10 bits per heavy atom. The zero-order chi connectivity index (χ0) is 20.0. The number of hydrogen-bond acceptors (Lipinski definition) is 5. The van der Waals surface area contributed by atoms with Gasteiger partial charge >= 0.3 is 5.69 Å². The predicted octanol–water partition coefficient (Wildman–Crippen LogP) is 3.82. The molecule has 0 unspecified atom stereocenters. The van der Waals surface area contributed by atoms with Crippen LogP contribution < -0.4 is 5.69 Å². The maximum absolute atomic E-state index is 12.7. The van der Waals surface area contributed by atoms with E-state index in [1.807, 2.05) is 62.4 Å². The Bertz CT molecular complexity index is 1380. The molecule has 0 fully saturated rings. The van der Waals surface area contributed by atoms with Gasteiger partial charge in [0.25, 0.3) is 0 Å². The molecule has 0 atom stereocenters. The van der Waals surface area contributed by atoms with Gasteiger partial charge in [-0.25, -0.2) is 9.20 Å². The first-order valence-electron chi connectivity index (χ1n) is 9.18. The minimum atomic E-state index is -0.235. The molecule has 0 bridgehead atoms. The summed E-state index contributed by atoms with van der Waals surface area (Å²) in [5.74, 6) is 0.822. The Hall–Kier alpha value is -4.00. The molecule has 0 amide bonds. The molecule has 2 aromatic carbocycles. The maximum Gasteiger partial charge on any atom is 0.355 e. The SMILES string of the molecule is Cc1ccc(-c2nnc(-c3ccn4c(=O)n(-c5ccc(C)cc5)nc4c3)o2)cc1. The van der Waals surface area contributed by atoms with Crippen LogP contribution in [-0.2, 0) is 0 Å². The summed E-state index contributed by atoms with van der Waals surface area (Å²) in [6, 6.07) is 19.0. The van der Waals surface area contributed by atoms with Gasteiger partial charge in [-0.05, 0) is 50.2 Å². The van der Waals surface area contributed by atoms with Gasteiger partial charge in [-0.15, -0.1) is 15.3 Å². The first kappa shape index (κ1) is 17.1. The third-order valence-corrected chi connectivity index (χ3v) is 4.77. The van der Waals surface area contributed by atoms with Gasteiger partial charge in [0.15, 0.2) is 5.65 Å². The van der Waals surface area contributed by atoms with E-state index in [4.69, 9.17) is 4.42 Å². The van der Waals surface area contributed by atoms with Crippen molar-refractivity contribution in [2.24, 2.45) is 0 Å². The average molecular weight is 383 g/mol. The number of fused-ring (bicyclic) bond motifs is 1. The third-order valence-electron chi connectivity index (χ3n) is 4.77. The van der Waals surface area contributed by atoms with E-state index in [-0.39, 0.29) is 5.69 Å². The first-order chi connectivity index (χ1) is 14.1. The summed E-state index contributed by atoms with van der Waals surface area (Å²) < 4.78 is 8.70. The molecule has 0 radical (unpaired) electrons. The molecule has 0 saturated heterocycles. The molecule has 3 heterocycles.